The Morgan fingerprint density at radius 3 is 2.32 bits per heavy atom. The maximum atomic E-state index is 12.1. The number of nitrogens with zero attached hydrogens (tertiary/aromatic N) is 4. The van der Waals surface area contributed by atoms with Crippen LogP contribution in [-0.2, 0) is 10.0 Å². The van der Waals surface area contributed by atoms with Gasteiger partial charge in [-0.1, -0.05) is 11.6 Å². The highest BCUT2D eigenvalue weighted by Crippen LogP contribution is 2.13. The third kappa shape index (κ3) is 3.99. The molecule has 2 aromatic carbocycles. The van der Waals surface area contributed by atoms with Crippen LogP contribution in [0.1, 0.15) is 10.4 Å². The molecule has 11 heteroatoms. The molecule has 3 rings (SSSR count). The van der Waals surface area contributed by atoms with Crippen LogP contribution < -0.4 is 10.3 Å². The maximum absolute atomic E-state index is 12.1. The van der Waals surface area contributed by atoms with E-state index in [0.29, 0.717) is 10.7 Å². The molecule has 1 aromatic heterocycles. The lowest BCUT2D eigenvalue weighted by Crippen LogP contribution is -2.41. The van der Waals surface area contributed by atoms with Gasteiger partial charge in [0.05, 0.1) is 10.6 Å². The number of sulfonamides is 1. The molecule has 0 radical (unpaired) electrons. The van der Waals surface area contributed by atoms with Crippen molar-refractivity contribution in [1.82, 2.24) is 30.5 Å². The van der Waals surface area contributed by atoms with Gasteiger partial charge in [-0.2, -0.15) is 0 Å². The van der Waals surface area contributed by atoms with Gasteiger partial charge >= 0.3 is 0 Å². The van der Waals surface area contributed by atoms with E-state index in [9.17, 15) is 13.2 Å². The molecule has 0 aliphatic rings. The summed E-state index contributed by atoms with van der Waals surface area (Å²) in [6.07, 6.45) is 1.41. The van der Waals surface area contributed by atoms with E-state index < -0.39 is 15.9 Å². The van der Waals surface area contributed by atoms with E-state index in [4.69, 9.17) is 11.6 Å². The number of hydrazine groups is 1. The van der Waals surface area contributed by atoms with Crippen molar-refractivity contribution in [2.75, 3.05) is 0 Å². The van der Waals surface area contributed by atoms with E-state index in [1.165, 1.54) is 47.4 Å². The van der Waals surface area contributed by atoms with Crippen molar-refractivity contribution in [1.29, 1.82) is 0 Å². The number of tetrazole rings is 1. The Morgan fingerprint density at radius 2 is 1.72 bits per heavy atom. The van der Waals surface area contributed by atoms with Gasteiger partial charge in [-0.15, -0.1) is 9.93 Å². The van der Waals surface area contributed by atoms with Crippen molar-refractivity contribution < 1.29 is 13.2 Å². The number of aromatic nitrogens is 4. The third-order valence-corrected chi connectivity index (χ3v) is 4.68. The smallest absolute Gasteiger partial charge is 0.266 e. The van der Waals surface area contributed by atoms with Gasteiger partial charge in [0, 0.05) is 10.6 Å². The zero-order valence-corrected chi connectivity index (χ0v) is 14.1. The highest BCUT2D eigenvalue weighted by molar-refractivity contribution is 7.89. The van der Waals surface area contributed by atoms with Gasteiger partial charge in [-0.3, -0.25) is 10.2 Å². The zero-order valence-electron chi connectivity index (χ0n) is 12.5. The van der Waals surface area contributed by atoms with Gasteiger partial charge in [0.15, 0.2) is 0 Å². The van der Waals surface area contributed by atoms with Crippen molar-refractivity contribution >= 4 is 27.5 Å². The standard InChI is InChI=1S/C14H11ClN6O3S/c15-11-3-7-13(8-4-11)25(23,24)20-17-14(22)10-1-5-12(6-2-10)21-9-16-18-19-21/h1-9,20H,(H,17,22). The molecule has 0 saturated carbocycles. The Bertz CT molecular complexity index is 972. The molecule has 0 fully saturated rings. The normalized spacial score (nSPS) is 11.2. The number of carbonyl (C=O) groups excluding carboxylic acids is 1. The molecule has 0 bridgehead atoms. The van der Waals surface area contributed by atoms with Crippen LogP contribution in [0.4, 0.5) is 0 Å². The lowest BCUT2D eigenvalue weighted by atomic mass is 10.2. The summed E-state index contributed by atoms with van der Waals surface area (Å²) in [7, 11) is -3.89. The molecule has 0 aliphatic carbocycles. The second kappa shape index (κ2) is 6.97. The number of hydrogen-bond donors (Lipinski definition) is 2. The lowest BCUT2D eigenvalue weighted by molar-refractivity contribution is 0.0945. The number of benzene rings is 2. The first-order valence-corrected chi connectivity index (χ1v) is 8.73. The Hall–Kier alpha value is -2.82. The summed E-state index contributed by atoms with van der Waals surface area (Å²) in [4.78, 5) is 14.1. The second-order valence-corrected chi connectivity index (χ2v) is 6.93. The van der Waals surface area contributed by atoms with E-state index in [1.807, 2.05) is 4.83 Å². The lowest BCUT2D eigenvalue weighted by Gasteiger charge is -2.09. The summed E-state index contributed by atoms with van der Waals surface area (Å²) in [6, 6.07) is 11.8. The molecular weight excluding hydrogens is 368 g/mol. The zero-order chi connectivity index (χ0) is 17.9. The van der Waals surface area contributed by atoms with E-state index >= 15 is 0 Å². The maximum Gasteiger partial charge on any atom is 0.266 e. The summed E-state index contributed by atoms with van der Waals surface area (Å²) in [5.41, 5.74) is 3.07. The molecular formula is C14H11ClN6O3S. The van der Waals surface area contributed by atoms with Gasteiger partial charge in [-0.25, -0.2) is 13.1 Å². The van der Waals surface area contributed by atoms with Gasteiger partial charge in [0.1, 0.15) is 6.33 Å². The van der Waals surface area contributed by atoms with Crippen LogP contribution in [0.15, 0.2) is 59.8 Å². The number of halogens is 1. The number of rotatable bonds is 5. The monoisotopic (exact) mass is 378 g/mol. The highest BCUT2D eigenvalue weighted by atomic mass is 35.5. The van der Waals surface area contributed by atoms with Crippen LogP contribution in [0.2, 0.25) is 5.02 Å². The van der Waals surface area contributed by atoms with E-state index in [1.54, 1.807) is 12.1 Å². The highest BCUT2D eigenvalue weighted by Gasteiger charge is 2.15. The number of hydrogen-bond acceptors (Lipinski definition) is 6. The predicted molar refractivity (Wildman–Crippen MR) is 88.4 cm³/mol. The first-order valence-electron chi connectivity index (χ1n) is 6.87. The summed E-state index contributed by atoms with van der Waals surface area (Å²) in [5.74, 6) is -0.610. The van der Waals surface area contributed by atoms with Crippen LogP contribution in [0.25, 0.3) is 5.69 Å². The predicted octanol–water partition coefficient (Wildman–Crippen LogP) is 0.939. The second-order valence-electron chi connectivity index (χ2n) is 4.81. The van der Waals surface area contributed by atoms with Crippen LogP contribution in [-0.4, -0.2) is 34.5 Å². The van der Waals surface area contributed by atoms with E-state index in [-0.39, 0.29) is 10.5 Å². The average molecular weight is 379 g/mol. The fourth-order valence-corrected chi connectivity index (χ4v) is 2.87. The van der Waals surface area contributed by atoms with Crippen LogP contribution in [0.3, 0.4) is 0 Å². The minimum absolute atomic E-state index is 0.0220. The van der Waals surface area contributed by atoms with Crippen LogP contribution in [0, 0.1) is 0 Å². The Kier molecular flexibility index (Phi) is 4.74. The molecule has 0 spiro atoms. The Morgan fingerprint density at radius 1 is 1.04 bits per heavy atom. The molecule has 1 heterocycles. The van der Waals surface area contributed by atoms with Gasteiger partial charge in [0.25, 0.3) is 15.9 Å². The fourth-order valence-electron chi connectivity index (χ4n) is 1.90. The first-order chi connectivity index (χ1) is 12.0. The SMILES string of the molecule is O=C(NNS(=O)(=O)c1ccc(Cl)cc1)c1ccc(-n2cnnn2)cc1. The van der Waals surface area contributed by atoms with Crippen molar-refractivity contribution in [3.8, 4) is 5.69 Å². The molecule has 2 N–H and O–H groups in total. The molecule has 0 saturated heterocycles. The molecule has 1 amide bonds. The minimum atomic E-state index is -3.89. The van der Waals surface area contributed by atoms with Crippen molar-refractivity contribution in [2.24, 2.45) is 0 Å². The topological polar surface area (TPSA) is 119 Å². The summed E-state index contributed by atoms with van der Waals surface area (Å²) >= 11 is 5.72. The fraction of sp³-hybridized carbons (Fsp3) is 0. The van der Waals surface area contributed by atoms with Crippen molar-refractivity contribution in [3.63, 3.8) is 0 Å². The summed E-state index contributed by atoms with van der Waals surface area (Å²) in [6.45, 7) is 0. The average Bonchev–Trinajstić information content (AvgIpc) is 3.15. The van der Waals surface area contributed by atoms with Crippen molar-refractivity contribution in [2.45, 2.75) is 4.90 Å². The number of carbonyl (C=O) groups is 1. The Balaban J connectivity index is 1.67. The minimum Gasteiger partial charge on any atom is -0.273 e. The summed E-state index contributed by atoms with van der Waals surface area (Å²) in [5, 5.41) is 11.2. The van der Waals surface area contributed by atoms with Crippen molar-refractivity contribution in [3.05, 3.63) is 65.4 Å². The largest absolute Gasteiger partial charge is 0.273 e. The quantitative estimate of drug-likeness (QED) is 0.638. The number of nitrogens with one attached hydrogen (secondary N) is 2. The molecule has 9 nitrogen and oxygen atoms in total. The summed E-state index contributed by atoms with van der Waals surface area (Å²) < 4.78 is 25.6. The van der Waals surface area contributed by atoms with Gasteiger partial charge in [0.2, 0.25) is 0 Å². The van der Waals surface area contributed by atoms with Crippen LogP contribution in [0.5, 0.6) is 0 Å². The molecule has 0 atom stereocenters. The molecule has 128 valence electrons. The molecule has 0 unspecified atom stereocenters. The molecule has 3 aromatic rings. The first kappa shape index (κ1) is 17.0. The number of amides is 1. The third-order valence-electron chi connectivity index (χ3n) is 3.17. The van der Waals surface area contributed by atoms with E-state index in [0.717, 1.165) is 0 Å². The van der Waals surface area contributed by atoms with E-state index in [2.05, 4.69) is 21.0 Å². The molecule has 25 heavy (non-hydrogen) atoms. The Labute approximate surface area is 147 Å². The van der Waals surface area contributed by atoms with Crippen LogP contribution >= 0.6 is 11.6 Å². The van der Waals surface area contributed by atoms with Gasteiger partial charge < -0.3 is 0 Å². The molecule has 0 aliphatic heterocycles. The van der Waals surface area contributed by atoms with Gasteiger partial charge in [-0.05, 0) is 59.0 Å².